The number of nitrogens with one attached hydrogen (secondary N) is 5. The summed E-state index contributed by atoms with van der Waals surface area (Å²) in [7, 11) is 0. The lowest BCUT2D eigenvalue weighted by Crippen LogP contribution is -2.57. The molecule has 0 radical (unpaired) electrons. The number of hydrogen-bond donors (Lipinski definition) is 9. The summed E-state index contributed by atoms with van der Waals surface area (Å²) in [5.41, 5.74) is 17.2. The highest BCUT2D eigenvalue weighted by atomic mass is 16.4. The predicted molar refractivity (Wildman–Crippen MR) is 157 cm³/mol. The first-order valence-corrected chi connectivity index (χ1v) is 14.3. The van der Waals surface area contributed by atoms with Crippen LogP contribution in [0.4, 0.5) is 0 Å². The highest BCUT2D eigenvalue weighted by Crippen LogP contribution is 2.18. The fourth-order valence-electron chi connectivity index (χ4n) is 4.56. The Kier molecular flexibility index (Phi) is 14.7. The number of carboxylic acid groups (broad SMARTS) is 1. The van der Waals surface area contributed by atoms with Crippen molar-refractivity contribution < 1.29 is 33.9 Å². The number of nitrogens with zero attached hydrogens (tertiary/aromatic N) is 1. The van der Waals surface area contributed by atoms with Gasteiger partial charge in [-0.05, 0) is 57.9 Å². The van der Waals surface area contributed by atoms with Crippen molar-refractivity contribution in [3.8, 4) is 0 Å². The minimum atomic E-state index is -1.53. The minimum Gasteiger partial charge on any atom is -0.481 e. The van der Waals surface area contributed by atoms with Crippen molar-refractivity contribution in [1.29, 1.82) is 0 Å². The number of aliphatic imine (C=N–C) groups is 1. The summed E-state index contributed by atoms with van der Waals surface area (Å²) in [6, 6.07) is -4.90. The fraction of sp³-hybridized carbons (Fsp3) is 0.593. The van der Waals surface area contributed by atoms with Crippen LogP contribution in [0.25, 0.3) is 0 Å². The molecular formula is C27H43N9O7. The average Bonchev–Trinajstić information content (AvgIpc) is 2.95. The second-order valence-electron chi connectivity index (χ2n) is 10.3. The molecule has 0 aromatic carbocycles. The van der Waals surface area contributed by atoms with Gasteiger partial charge < -0.3 is 48.9 Å². The number of carbonyl (C=O) groups excluding carboxylic acids is 5. The van der Waals surface area contributed by atoms with Crippen molar-refractivity contribution in [3.05, 3.63) is 23.8 Å². The van der Waals surface area contributed by atoms with Gasteiger partial charge in [-0.25, -0.2) is 0 Å². The smallest absolute Gasteiger partial charge is 0.305 e. The molecule has 0 unspecified atom stereocenters. The summed E-state index contributed by atoms with van der Waals surface area (Å²) < 4.78 is 0. The van der Waals surface area contributed by atoms with Gasteiger partial charge >= 0.3 is 5.97 Å². The van der Waals surface area contributed by atoms with Crippen LogP contribution in [-0.2, 0) is 28.8 Å². The maximum absolute atomic E-state index is 13.6. The fourth-order valence-corrected chi connectivity index (χ4v) is 4.56. The van der Waals surface area contributed by atoms with Gasteiger partial charge in [0.05, 0.1) is 13.0 Å². The number of carboxylic acids is 1. The molecule has 4 atom stereocenters. The lowest BCUT2D eigenvalue weighted by Gasteiger charge is -2.26. The standard InChI is InChI=1S/C27H43N9O7/c28-11-5-4-9-18-24(41)34-17(10-6-12-31-27(29)30)23(40)32-15-21(37)33-20(14-22(38)39)26(43)36-19(25(42)35-18)13-16-7-2-1-3-8-16/h1-2,7,17-20H,3-6,8-15,28H2,(H,32,40)(H,33,37)(H,34,41)(H,35,42)(H,36,43)(H,38,39)(H4,29,30,31)/t17-,18-,19+,20-/m0/s1. The highest BCUT2D eigenvalue weighted by Gasteiger charge is 2.33. The molecule has 1 fully saturated rings. The molecule has 12 N–H and O–H groups in total. The number of nitrogens with two attached hydrogens (primary N) is 3. The molecule has 16 heteroatoms. The first-order valence-electron chi connectivity index (χ1n) is 14.3. The van der Waals surface area contributed by atoms with Gasteiger partial charge in [-0.1, -0.05) is 23.8 Å². The number of aliphatic carboxylic acids is 1. The Morgan fingerprint density at radius 1 is 0.860 bits per heavy atom. The summed E-state index contributed by atoms with van der Waals surface area (Å²) >= 11 is 0. The number of carbonyl (C=O) groups is 6. The van der Waals surface area contributed by atoms with Crippen LogP contribution in [0.3, 0.4) is 0 Å². The summed E-state index contributed by atoms with van der Waals surface area (Å²) in [4.78, 5) is 81.2. The van der Waals surface area contributed by atoms with Gasteiger partial charge in [0.25, 0.3) is 0 Å². The Labute approximate surface area is 249 Å². The molecule has 1 aliphatic carbocycles. The molecule has 2 rings (SSSR count). The number of rotatable bonds is 12. The molecule has 0 aromatic heterocycles. The van der Waals surface area contributed by atoms with E-state index in [9.17, 15) is 33.9 Å². The Bertz CT molecular complexity index is 1120. The molecule has 5 amide bonds. The van der Waals surface area contributed by atoms with Gasteiger partial charge in [0.15, 0.2) is 5.96 Å². The van der Waals surface area contributed by atoms with E-state index in [0.717, 1.165) is 12.0 Å². The molecule has 1 aliphatic heterocycles. The Morgan fingerprint density at radius 2 is 1.49 bits per heavy atom. The molecule has 0 aromatic rings. The number of amides is 5. The van der Waals surface area contributed by atoms with Gasteiger partial charge in [-0.2, -0.15) is 0 Å². The number of allylic oxidation sites excluding steroid dienone is 3. The van der Waals surface area contributed by atoms with E-state index >= 15 is 0 Å². The van der Waals surface area contributed by atoms with Crippen molar-refractivity contribution in [2.45, 2.75) is 82.0 Å². The number of unbranched alkanes of at least 4 members (excludes halogenated alkanes) is 1. The summed E-state index contributed by atoms with van der Waals surface area (Å²) in [5, 5.41) is 22.0. The molecule has 16 nitrogen and oxygen atoms in total. The largest absolute Gasteiger partial charge is 0.481 e. The van der Waals surface area contributed by atoms with Crippen molar-refractivity contribution in [2.75, 3.05) is 19.6 Å². The normalized spacial score (nSPS) is 23.7. The van der Waals surface area contributed by atoms with Crippen LogP contribution in [-0.4, -0.2) is 90.4 Å². The van der Waals surface area contributed by atoms with Crippen molar-refractivity contribution >= 4 is 41.5 Å². The summed E-state index contributed by atoms with van der Waals surface area (Å²) in [6.45, 7) is -0.0524. The van der Waals surface area contributed by atoms with Gasteiger partial charge in [0, 0.05) is 6.54 Å². The monoisotopic (exact) mass is 605 g/mol. The molecular weight excluding hydrogens is 562 g/mol. The average molecular weight is 606 g/mol. The van der Waals surface area contributed by atoms with Gasteiger partial charge in [0.1, 0.15) is 24.2 Å². The molecule has 0 bridgehead atoms. The van der Waals surface area contributed by atoms with Gasteiger partial charge in [0.2, 0.25) is 29.5 Å². The molecule has 1 saturated heterocycles. The van der Waals surface area contributed by atoms with Gasteiger partial charge in [-0.15, -0.1) is 0 Å². The second kappa shape index (κ2) is 18.1. The van der Waals surface area contributed by atoms with Crippen molar-refractivity contribution in [2.24, 2.45) is 22.2 Å². The van der Waals surface area contributed by atoms with E-state index < -0.39 is 72.6 Å². The third-order valence-corrected chi connectivity index (χ3v) is 6.81. The first kappa shape index (κ1) is 34.7. The van der Waals surface area contributed by atoms with Crippen LogP contribution in [0.2, 0.25) is 0 Å². The van der Waals surface area contributed by atoms with Crippen LogP contribution < -0.4 is 43.8 Å². The Hall–Kier alpha value is -4.47. The van der Waals surface area contributed by atoms with Gasteiger partial charge in [-0.3, -0.25) is 33.8 Å². The number of guanidine groups is 1. The molecule has 43 heavy (non-hydrogen) atoms. The summed E-state index contributed by atoms with van der Waals surface area (Å²) in [6.07, 6.45) is 7.99. The van der Waals surface area contributed by atoms with E-state index in [1.807, 2.05) is 18.2 Å². The minimum absolute atomic E-state index is 0.0975. The SMILES string of the molecule is NCCCC[C@@H]1NC(=O)[C@@H](CC2=CC=CCC2)NC(=O)[C@H](CC(=O)O)NC(=O)CNC(=O)[C@H](CCCN=C(N)N)NC1=O. The lowest BCUT2D eigenvalue weighted by molar-refractivity contribution is -0.141. The first-order chi connectivity index (χ1) is 20.5. The molecule has 0 saturated carbocycles. The van der Waals surface area contributed by atoms with Crippen LogP contribution in [0.1, 0.15) is 57.8 Å². The second-order valence-corrected chi connectivity index (χ2v) is 10.3. The van der Waals surface area contributed by atoms with E-state index in [1.165, 1.54) is 0 Å². The molecule has 0 spiro atoms. The van der Waals surface area contributed by atoms with E-state index in [1.54, 1.807) is 0 Å². The predicted octanol–water partition coefficient (Wildman–Crippen LogP) is -2.62. The zero-order valence-electron chi connectivity index (χ0n) is 24.1. The maximum atomic E-state index is 13.6. The Balaban J connectivity index is 2.42. The third kappa shape index (κ3) is 12.9. The molecule has 238 valence electrons. The zero-order valence-corrected chi connectivity index (χ0v) is 24.1. The number of hydrogen-bond acceptors (Lipinski definition) is 8. The maximum Gasteiger partial charge on any atom is 0.305 e. The van der Waals surface area contributed by atoms with Crippen molar-refractivity contribution in [3.63, 3.8) is 0 Å². The van der Waals surface area contributed by atoms with Crippen LogP contribution in [0.15, 0.2) is 28.8 Å². The molecule has 1 heterocycles. The zero-order chi connectivity index (χ0) is 31.8. The summed E-state index contributed by atoms with van der Waals surface area (Å²) in [5.74, 6) is -5.25. The Morgan fingerprint density at radius 3 is 2.12 bits per heavy atom. The van der Waals surface area contributed by atoms with E-state index in [2.05, 4.69) is 31.6 Å². The van der Waals surface area contributed by atoms with Crippen molar-refractivity contribution in [1.82, 2.24) is 26.6 Å². The highest BCUT2D eigenvalue weighted by molar-refractivity contribution is 5.98. The quantitative estimate of drug-likeness (QED) is 0.0634. The lowest BCUT2D eigenvalue weighted by atomic mass is 9.96. The van der Waals surface area contributed by atoms with Crippen LogP contribution in [0.5, 0.6) is 0 Å². The van der Waals surface area contributed by atoms with E-state index in [4.69, 9.17) is 17.2 Å². The van der Waals surface area contributed by atoms with E-state index in [-0.39, 0.29) is 31.8 Å². The van der Waals surface area contributed by atoms with Crippen LogP contribution in [0, 0.1) is 0 Å². The van der Waals surface area contributed by atoms with E-state index in [0.29, 0.717) is 32.2 Å². The third-order valence-electron chi connectivity index (χ3n) is 6.81. The van der Waals surface area contributed by atoms with Crippen LogP contribution >= 0.6 is 0 Å². The topological polar surface area (TPSA) is 273 Å². The molecule has 2 aliphatic rings.